The van der Waals surface area contributed by atoms with Crippen molar-refractivity contribution in [3.8, 4) is 0 Å². The third-order valence-electron chi connectivity index (χ3n) is 3.16. The minimum atomic E-state index is -0.249. The largest absolute Gasteiger partial charge is 0.348 e. The number of para-hydroxylation sites is 1. The third-order valence-corrected chi connectivity index (χ3v) is 3.46. The van der Waals surface area contributed by atoms with Gasteiger partial charge in [-0.15, -0.1) is 0 Å². The molecular formula is C16H12ClN3O. The van der Waals surface area contributed by atoms with Crippen molar-refractivity contribution in [2.24, 2.45) is 0 Å². The molecule has 0 spiro atoms. The Morgan fingerprint density at radius 1 is 1.05 bits per heavy atom. The van der Waals surface area contributed by atoms with Crippen LogP contribution >= 0.6 is 11.6 Å². The SMILES string of the molecule is O=C(NCc1cccc2cccnc12)c1cccnc1Cl. The second kappa shape index (κ2) is 5.89. The minimum Gasteiger partial charge on any atom is -0.348 e. The maximum absolute atomic E-state index is 12.1. The lowest BCUT2D eigenvalue weighted by molar-refractivity contribution is 0.0951. The molecule has 0 unspecified atom stereocenters. The summed E-state index contributed by atoms with van der Waals surface area (Å²) in [5.74, 6) is -0.249. The minimum absolute atomic E-state index is 0.200. The molecule has 2 heterocycles. The number of halogens is 1. The maximum Gasteiger partial charge on any atom is 0.254 e. The smallest absolute Gasteiger partial charge is 0.254 e. The monoisotopic (exact) mass is 297 g/mol. The zero-order chi connectivity index (χ0) is 14.7. The van der Waals surface area contributed by atoms with E-state index in [9.17, 15) is 4.79 Å². The van der Waals surface area contributed by atoms with E-state index < -0.39 is 0 Å². The van der Waals surface area contributed by atoms with Gasteiger partial charge in [-0.05, 0) is 23.8 Å². The Kier molecular flexibility index (Phi) is 3.79. The first-order valence-corrected chi connectivity index (χ1v) is 6.85. The second-order valence-electron chi connectivity index (χ2n) is 4.52. The summed E-state index contributed by atoms with van der Waals surface area (Å²) in [4.78, 5) is 20.4. The second-order valence-corrected chi connectivity index (χ2v) is 4.87. The first-order valence-electron chi connectivity index (χ1n) is 6.47. The molecule has 21 heavy (non-hydrogen) atoms. The van der Waals surface area contributed by atoms with E-state index in [2.05, 4.69) is 15.3 Å². The fourth-order valence-electron chi connectivity index (χ4n) is 2.14. The Morgan fingerprint density at radius 3 is 2.67 bits per heavy atom. The van der Waals surface area contributed by atoms with Crippen molar-refractivity contribution < 1.29 is 4.79 Å². The first-order chi connectivity index (χ1) is 10.3. The average Bonchev–Trinajstić information content (AvgIpc) is 2.53. The van der Waals surface area contributed by atoms with Crippen LogP contribution in [0.15, 0.2) is 54.9 Å². The normalized spacial score (nSPS) is 10.5. The van der Waals surface area contributed by atoms with Crippen LogP contribution < -0.4 is 5.32 Å². The molecule has 0 saturated carbocycles. The Balaban J connectivity index is 1.81. The third kappa shape index (κ3) is 2.85. The van der Waals surface area contributed by atoms with E-state index in [1.807, 2.05) is 30.3 Å². The summed E-state index contributed by atoms with van der Waals surface area (Å²) in [6.07, 6.45) is 3.29. The predicted molar refractivity (Wildman–Crippen MR) is 82.2 cm³/mol. The zero-order valence-electron chi connectivity index (χ0n) is 11.1. The molecule has 5 heteroatoms. The highest BCUT2D eigenvalue weighted by molar-refractivity contribution is 6.32. The van der Waals surface area contributed by atoms with E-state index >= 15 is 0 Å². The summed E-state index contributed by atoms with van der Waals surface area (Å²) in [6.45, 7) is 0.387. The van der Waals surface area contributed by atoms with Gasteiger partial charge in [-0.2, -0.15) is 0 Å². The molecule has 0 fully saturated rings. The van der Waals surface area contributed by atoms with Crippen molar-refractivity contribution in [1.82, 2.24) is 15.3 Å². The van der Waals surface area contributed by atoms with E-state index in [-0.39, 0.29) is 11.1 Å². The van der Waals surface area contributed by atoms with E-state index in [0.29, 0.717) is 12.1 Å². The van der Waals surface area contributed by atoms with Crippen molar-refractivity contribution in [3.05, 3.63) is 71.1 Å². The highest BCUT2D eigenvalue weighted by atomic mass is 35.5. The molecule has 0 aliphatic carbocycles. The highest BCUT2D eigenvalue weighted by Gasteiger charge is 2.11. The van der Waals surface area contributed by atoms with Gasteiger partial charge in [0.1, 0.15) is 5.15 Å². The molecule has 3 rings (SSSR count). The maximum atomic E-state index is 12.1. The van der Waals surface area contributed by atoms with E-state index in [4.69, 9.17) is 11.6 Å². The summed E-state index contributed by atoms with van der Waals surface area (Å²) >= 11 is 5.91. The highest BCUT2D eigenvalue weighted by Crippen LogP contribution is 2.16. The summed E-state index contributed by atoms with van der Waals surface area (Å²) in [5.41, 5.74) is 2.21. The van der Waals surface area contributed by atoms with Crippen molar-refractivity contribution >= 4 is 28.4 Å². The Labute approximate surface area is 126 Å². The Morgan fingerprint density at radius 2 is 1.81 bits per heavy atom. The Hall–Kier alpha value is -2.46. The molecule has 4 nitrogen and oxygen atoms in total. The molecule has 3 aromatic rings. The molecule has 0 aliphatic heterocycles. The van der Waals surface area contributed by atoms with Crippen LogP contribution in [0.25, 0.3) is 10.9 Å². The van der Waals surface area contributed by atoms with Gasteiger partial charge in [0, 0.05) is 24.3 Å². The molecule has 104 valence electrons. The molecule has 0 atom stereocenters. The lowest BCUT2D eigenvalue weighted by atomic mass is 10.1. The van der Waals surface area contributed by atoms with Crippen molar-refractivity contribution in [3.63, 3.8) is 0 Å². The number of pyridine rings is 2. The molecule has 0 radical (unpaired) electrons. The number of carbonyl (C=O) groups is 1. The standard InChI is InChI=1S/C16H12ClN3O/c17-15-13(7-3-9-19-15)16(21)20-10-12-5-1-4-11-6-2-8-18-14(11)12/h1-9H,10H2,(H,20,21). The van der Waals surface area contributed by atoms with Crippen LogP contribution in [0.1, 0.15) is 15.9 Å². The van der Waals surface area contributed by atoms with Crippen LogP contribution in [0.5, 0.6) is 0 Å². The van der Waals surface area contributed by atoms with Crippen LogP contribution in [-0.2, 0) is 6.54 Å². The molecule has 0 aliphatic rings. The van der Waals surface area contributed by atoms with Gasteiger partial charge in [-0.1, -0.05) is 35.9 Å². The number of amides is 1. The molecular weight excluding hydrogens is 286 g/mol. The quantitative estimate of drug-likeness (QED) is 0.755. The molecule has 0 bridgehead atoms. The van der Waals surface area contributed by atoms with Gasteiger partial charge >= 0.3 is 0 Å². The number of rotatable bonds is 3. The first kappa shape index (κ1) is 13.5. The topological polar surface area (TPSA) is 54.9 Å². The molecule has 1 amide bonds. The van der Waals surface area contributed by atoms with Crippen LogP contribution in [0.2, 0.25) is 5.15 Å². The van der Waals surface area contributed by atoms with Crippen LogP contribution in [0, 0.1) is 0 Å². The van der Waals surface area contributed by atoms with E-state index in [1.54, 1.807) is 24.5 Å². The summed E-state index contributed by atoms with van der Waals surface area (Å²) in [7, 11) is 0. The molecule has 2 aromatic heterocycles. The summed E-state index contributed by atoms with van der Waals surface area (Å²) in [5, 5.41) is 4.09. The van der Waals surface area contributed by atoms with Gasteiger partial charge in [-0.3, -0.25) is 9.78 Å². The van der Waals surface area contributed by atoms with Crippen molar-refractivity contribution in [2.75, 3.05) is 0 Å². The van der Waals surface area contributed by atoms with E-state index in [0.717, 1.165) is 16.5 Å². The molecule has 1 N–H and O–H groups in total. The van der Waals surface area contributed by atoms with Crippen molar-refractivity contribution in [1.29, 1.82) is 0 Å². The number of hydrogen-bond acceptors (Lipinski definition) is 3. The van der Waals surface area contributed by atoms with Gasteiger partial charge in [0.25, 0.3) is 5.91 Å². The van der Waals surface area contributed by atoms with Gasteiger partial charge in [0.05, 0.1) is 11.1 Å². The molecule has 1 aromatic carbocycles. The number of fused-ring (bicyclic) bond motifs is 1. The van der Waals surface area contributed by atoms with Gasteiger partial charge < -0.3 is 5.32 Å². The van der Waals surface area contributed by atoms with Crippen molar-refractivity contribution in [2.45, 2.75) is 6.54 Å². The number of aromatic nitrogens is 2. The number of carbonyl (C=O) groups excluding carboxylic acids is 1. The van der Waals surface area contributed by atoms with Crippen LogP contribution in [0.3, 0.4) is 0 Å². The number of nitrogens with zero attached hydrogens (tertiary/aromatic N) is 2. The van der Waals surface area contributed by atoms with Gasteiger partial charge in [0.15, 0.2) is 0 Å². The fourth-order valence-corrected chi connectivity index (χ4v) is 2.34. The average molecular weight is 298 g/mol. The number of benzene rings is 1. The van der Waals surface area contributed by atoms with Crippen LogP contribution in [-0.4, -0.2) is 15.9 Å². The summed E-state index contributed by atoms with van der Waals surface area (Å²) in [6, 6.07) is 13.1. The zero-order valence-corrected chi connectivity index (χ0v) is 11.8. The predicted octanol–water partition coefficient (Wildman–Crippen LogP) is 3.21. The Bertz CT molecular complexity index is 799. The lowest BCUT2D eigenvalue weighted by Crippen LogP contribution is -2.23. The van der Waals surface area contributed by atoms with Gasteiger partial charge in [0.2, 0.25) is 0 Å². The van der Waals surface area contributed by atoms with Crippen LogP contribution in [0.4, 0.5) is 0 Å². The number of hydrogen-bond donors (Lipinski definition) is 1. The molecule has 0 saturated heterocycles. The summed E-state index contributed by atoms with van der Waals surface area (Å²) < 4.78 is 0. The lowest BCUT2D eigenvalue weighted by Gasteiger charge is -2.08. The number of nitrogens with one attached hydrogen (secondary N) is 1. The van der Waals surface area contributed by atoms with Gasteiger partial charge in [-0.25, -0.2) is 4.98 Å². The fraction of sp³-hybridized carbons (Fsp3) is 0.0625. The van der Waals surface area contributed by atoms with E-state index in [1.165, 1.54) is 0 Å².